The van der Waals surface area contributed by atoms with Crippen LogP contribution in [0.4, 0.5) is 0 Å². The van der Waals surface area contributed by atoms with E-state index in [0.29, 0.717) is 12.8 Å². The highest BCUT2D eigenvalue weighted by atomic mass is 16.8. The van der Waals surface area contributed by atoms with Crippen LogP contribution in [0.25, 0.3) is 0 Å². The number of rotatable bonds is 0. The Morgan fingerprint density at radius 2 is 2.00 bits per heavy atom. The van der Waals surface area contributed by atoms with E-state index in [4.69, 9.17) is 9.47 Å². The molecule has 0 aromatic carbocycles. The molecule has 20 heavy (non-hydrogen) atoms. The van der Waals surface area contributed by atoms with Crippen LogP contribution in [0, 0.1) is 23.2 Å². The predicted octanol–water partition coefficient (Wildman–Crippen LogP) is 1.03. The Morgan fingerprint density at radius 1 is 1.30 bits per heavy atom. The number of Topliss-reactive ketones (excluding diaryl/α,β-unsaturated/α-hetero) is 1. The van der Waals surface area contributed by atoms with Gasteiger partial charge in [-0.15, -0.1) is 0 Å². The fourth-order valence-corrected chi connectivity index (χ4v) is 4.99. The molecule has 4 aliphatic rings. The molecule has 0 radical (unpaired) electrons. The van der Waals surface area contributed by atoms with E-state index in [1.807, 2.05) is 6.92 Å². The molecule has 0 spiro atoms. The summed E-state index contributed by atoms with van der Waals surface area (Å²) in [5.74, 6) is -1.73. The Labute approximate surface area is 117 Å². The number of hydrogen-bond acceptors (Lipinski definition) is 5. The maximum atomic E-state index is 12.3. The molecular weight excluding hydrogens is 260 g/mol. The van der Waals surface area contributed by atoms with Crippen molar-refractivity contribution in [1.82, 2.24) is 0 Å². The zero-order valence-electron chi connectivity index (χ0n) is 12.0. The molecule has 1 N–H and O–H groups in total. The first-order valence-electron chi connectivity index (χ1n) is 7.43. The van der Waals surface area contributed by atoms with Crippen LogP contribution in [0.2, 0.25) is 0 Å². The molecular formula is C15H20O5. The molecule has 0 aromatic rings. The smallest absolute Gasteiger partial charge is 0.314 e. The fraction of sp³-hybridized carbons (Fsp3) is 0.867. The van der Waals surface area contributed by atoms with Crippen LogP contribution < -0.4 is 0 Å². The predicted molar refractivity (Wildman–Crippen MR) is 67.4 cm³/mol. The molecule has 4 rings (SSSR count). The van der Waals surface area contributed by atoms with Crippen LogP contribution in [0.3, 0.4) is 0 Å². The third-order valence-corrected chi connectivity index (χ3v) is 6.64. The van der Waals surface area contributed by atoms with Gasteiger partial charge in [-0.2, -0.15) is 0 Å². The van der Waals surface area contributed by atoms with Crippen LogP contribution >= 0.6 is 0 Å². The van der Waals surface area contributed by atoms with Gasteiger partial charge in [-0.05, 0) is 19.3 Å². The van der Waals surface area contributed by atoms with Crippen LogP contribution in [-0.2, 0) is 19.1 Å². The number of hydrogen-bond donors (Lipinski definition) is 1. The highest BCUT2D eigenvalue weighted by molar-refractivity contribution is 5.85. The Bertz CT molecular complexity index is 530. The molecule has 2 aliphatic heterocycles. The summed E-state index contributed by atoms with van der Waals surface area (Å²) in [5, 5.41) is 11.0. The zero-order valence-corrected chi connectivity index (χ0v) is 12.0. The van der Waals surface area contributed by atoms with Gasteiger partial charge in [0.2, 0.25) is 5.79 Å². The van der Waals surface area contributed by atoms with Gasteiger partial charge in [-0.3, -0.25) is 9.59 Å². The standard InChI is InChI=1S/C15H20O5/c1-7-4-5-10(16)9-6-14-15(20-14,8(2)11(17)19-14)12(18)13(7,9)3/h7-9,12,18H,4-6H2,1-3H3/t7-,8-,9-,12-,13+,14-,15+/m0/s1. The van der Waals surface area contributed by atoms with Crippen LogP contribution in [0.5, 0.6) is 0 Å². The van der Waals surface area contributed by atoms with Gasteiger partial charge in [-0.25, -0.2) is 0 Å². The second-order valence-electron chi connectivity index (χ2n) is 7.22. The number of ketones is 1. The number of ether oxygens (including phenoxy) is 2. The molecule has 7 atom stereocenters. The monoisotopic (exact) mass is 280 g/mol. The number of esters is 1. The minimum absolute atomic E-state index is 0.165. The van der Waals surface area contributed by atoms with Crippen LogP contribution in [0.1, 0.15) is 40.0 Å². The third-order valence-electron chi connectivity index (χ3n) is 6.64. The molecule has 5 nitrogen and oxygen atoms in total. The zero-order chi connectivity index (χ0) is 14.5. The lowest BCUT2D eigenvalue weighted by molar-refractivity contribution is -0.167. The maximum absolute atomic E-state index is 12.3. The molecule has 0 amide bonds. The third kappa shape index (κ3) is 1.04. The summed E-state index contributed by atoms with van der Waals surface area (Å²) in [6.45, 7) is 5.80. The fourth-order valence-electron chi connectivity index (χ4n) is 4.99. The first-order valence-corrected chi connectivity index (χ1v) is 7.43. The molecule has 2 aliphatic carbocycles. The molecule has 4 fully saturated rings. The largest absolute Gasteiger partial charge is 0.429 e. The summed E-state index contributed by atoms with van der Waals surface area (Å²) in [4.78, 5) is 24.2. The Balaban J connectivity index is 1.84. The lowest BCUT2D eigenvalue weighted by Crippen LogP contribution is -2.62. The number of fused-ring (bicyclic) bond motifs is 1. The van der Waals surface area contributed by atoms with Crippen molar-refractivity contribution in [3.63, 3.8) is 0 Å². The number of carbonyl (C=O) groups excluding carboxylic acids is 2. The molecule has 0 bridgehead atoms. The van der Waals surface area contributed by atoms with E-state index in [9.17, 15) is 14.7 Å². The van der Waals surface area contributed by atoms with E-state index >= 15 is 0 Å². The summed E-state index contributed by atoms with van der Waals surface area (Å²) < 4.78 is 11.2. The van der Waals surface area contributed by atoms with Gasteiger partial charge in [-0.1, -0.05) is 13.8 Å². The normalized spacial score (nSPS) is 60.4. The average Bonchev–Trinajstić information content (AvgIpc) is 3.01. The number of aliphatic hydroxyl groups is 1. The van der Waals surface area contributed by atoms with Gasteiger partial charge in [0.15, 0.2) is 5.60 Å². The van der Waals surface area contributed by atoms with Crippen molar-refractivity contribution in [2.45, 2.75) is 57.5 Å². The summed E-state index contributed by atoms with van der Waals surface area (Å²) >= 11 is 0. The lowest BCUT2D eigenvalue weighted by atomic mass is 9.50. The molecule has 5 heteroatoms. The van der Waals surface area contributed by atoms with E-state index < -0.39 is 28.8 Å². The van der Waals surface area contributed by atoms with Crippen molar-refractivity contribution in [3.8, 4) is 0 Å². The first kappa shape index (κ1) is 12.8. The topological polar surface area (TPSA) is 76.1 Å². The highest BCUT2D eigenvalue weighted by Gasteiger charge is 2.90. The van der Waals surface area contributed by atoms with Crippen molar-refractivity contribution in [2.75, 3.05) is 0 Å². The Morgan fingerprint density at radius 3 is 2.70 bits per heavy atom. The van der Waals surface area contributed by atoms with Gasteiger partial charge in [0, 0.05) is 24.2 Å². The van der Waals surface area contributed by atoms with Crippen molar-refractivity contribution < 1.29 is 24.2 Å². The molecule has 0 aromatic heterocycles. The molecule has 2 saturated heterocycles. The molecule has 110 valence electrons. The molecule has 2 saturated carbocycles. The highest BCUT2D eigenvalue weighted by Crippen LogP contribution is 2.72. The quantitative estimate of drug-likeness (QED) is 0.530. The van der Waals surface area contributed by atoms with Gasteiger partial charge in [0.25, 0.3) is 0 Å². The minimum atomic E-state index is -1.04. The van der Waals surface area contributed by atoms with Crippen molar-refractivity contribution >= 4 is 11.8 Å². The summed E-state index contributed by atoms with van der Waals surface area (Å²) in [6.07, 6.45) is 0.893. The van der Waals surface area contributed by atoms with Crippen LogP contribution in [-0.4, -0.2) is 34.4 Å². The number of aliphatic hydroxyl groups excluding tert-OH is 1. The summed E-state index contributed by atoms with van der Waals surface area (Å²) in [5.41, 5.74) is -1.46. The van der Waals surface area contributed by atoms with E-state index in [2.05, 4.69) is 6.92 Å². The van der Waals surface area contributed by atoms with E-state index in [1.165, 1.54) is 0 Å². The molecule has 2 heterocycles. The number of carbonyl (C=O) groups is 2. The second-order valence-corrected chi connectivity index (χ2v) is 7.22. The van der Waals surface area contributed by atoms with E-state index in [-0.39, 0.29) is 23.6 Å². The van der Waals surface area contributed by atoms with Crippen LogP contribution in [0.15, 0.2) is 0 Å². The van der Waals surface area contributed by atoms with Gasteiger partial charge in [0.1, 0.15) is 5.78 Å². The minimum Gasteiger partial charge on any atom is -0.429 e. The Hall–Kier alpha value is -0.940. The van der Waals surface area contributed by atoms with Gasteiger partial charge < -0.3 is 14.6 Å². The average molecular weight is 280 g/mol. The first-order chi connectivity index (χ1) is 9.29. The van der Waals surface area contributed by atoms with Gasteiger partial charge in [0.05, 0.1) is 12.0 Å². The van der Waals surface area contributed by atoms with Gasteiger partial charge >= 0.3 is 5.97 Å². The summed E-state index contributed by atoms with van der Waals surface area (Å²) in [7, 11) is 0. The van der Waals surface area contributed by atoms with Crippen molar-refractivity contribution in [2.24, 2.45) is 23.2 Å². The Kier molecular flexibility index (Phi) is 2.09. The lowest BCUT2D eigenvalue weighted by Gasteiger charge is -2.52. The number of epoxide rings is 1. The second kappa shape index (κ2) is 3.28. The SMILES string of the molecule is C[C@H]1CCC(=O)[C@@H]2C[C@@]34OC(=O)[C@H](C)[C@@]3(O4)[C@@H](O)[C@]12C. The molecule has 0 unspecified atom stereocenters. The maximum Gasteiger partial charge on any atom is 0.314 e. The van der Waals surface area contributed by atoms with Crippen molar-refractivity contribution in [3.05, 3.63) is 0 Å². The summed E-state index contributed by atoms with van der Waals surface area (Å²) in [6, 6.07) is 0. The van der Waals surface area contributed by atoms with Crippen molar-refractivity contribution in [1.29, 1.82) is 0 Å². The van der Waals surface area contributed by atoms with E-state index in [0.717, 1.165) is 6.42 Å². The van der Waals surface area contributed by atoms with E-state index in [1.54, 1.807) is 6.92 Å².